The summed E-state index contributed by atoms with van der Waals surface area (Å²) in [4.78, 5) is 25.0. The Hall–Kier alpha value is -2.38. The van der Waals surface area contributed by atoms with Crippen molar-refractivity contribution in [2.75, 3.05) is 19.8 Å². The van der Waals surface area contributed by atoms with Crippen LogP contribution in [0.5, 0.6) is 0 Å². The number of hydrogen-bond acceptors (Lipinski definition) is 10. The molecule has 11 nitrogen and oxygen atoms in total. The molecule has 6 N–H and O–H groups in total. The van der Waals surface area contributed by atoms with E-state index in [2.05, 4.69) is 43.5 Å². The number of ether oxygens (including phenoxy) is 3. The van der Waals surface area contributed by atoms with Crippen LogP contribution in [0.1, 0.15) is 213 Å². The predicted molar refractivity (Wildman–Crippen MR) is 260 cm³/mol. The first-order chi connectivity index (χ1) is 31.2. The number of allylic oxidation sites excluding steroid dienone is 7. The fourth-order valence-corrected chi connectivity index (χ4v) is 7.71. The summed E-state index contributed by atoms with van der Waals surface area (Å²) in [5.74, 6) is -0.316. The number of nitrogens with one attached hydrogen (secondary N) is 1. The van der Waals surface area contributed by atoms with Gasteiger partial charge < -0.3 is 45.1 Å². The van der Waals surface area contributed by atoms with Crippen LogP contribution in [0.3, 0.4) is 0 Å². The molecule has 64 heavy (non-hydrogen) atoms. The number of aliphatic hydroxyl groups excluding tert-OH is 5. The van der Waals surface area contributed by atoms with E-state index in [0.717, 1.165) is 70.6 Å². The zero-order valence-corrected chi connectivity index (χ0v) is 40.5. The van der Waals surface area contributed by atoms with Gasteiger partial charge in [0, 0.05) is 12.8 Å². The standard InChI is InChI=1S/C53H95NO10/c1-3-5-7-9-11-13-14-15-18-21-25-29-33-37-41-49(58)62-42-38-34-30-26-22-19-16-17-20-24-28-32-36-40-48(57)54-45(46(56)39-35-31-27-23-12-10-8-6-4-2)44-63-53-52(61)51(60)50(59)47(43-55)64-53/h14-15,17,20,28,32,35,39,45-47,50-53,55-56,59-61H,3-13,16,18-19,21-27,29-31,33-34,36-38,40-44H2,1-2H3,(H,54,57)/b15-14-,20-17-,32-28-,39-35+. The van der Waals surface area contributed by atoms with E-state index in [1.165, 1.54) is 109 Å². The van der Waals surface area contributed by atoms with Crippen LogP contribution in [0, 0.1) is 0 Å². The smallest absolute Gasteiger partial charge is 0.305 e. The summed E-state index contributed by atoms with van der Waals surface area (Å²) in [5.41, 5.74) is 0. The molecule has 1 saturated heterocycles. The summed E-state index contributed by atoms with van der Waals surface area (Å²) < 4.78 is 16.6. The number of carbonyl (C=O) groups excluding carboxylic acids is 2. The van der Waals surface area contributed by atoms with E-state index in [1.54, 1.807) is 6.08 Å². The Labute approximate surface area is 389 Å². The summed E-state index contributed by atoms with van der Waals surface area (Å²) in [6.07, 6.45) is 42.1. The molecule has 0 bridgehead atoms. The molecule has 372 valence electrons. The molecule has 11 heteroatoms. The number of carbonyl (C=O) groups is 2. The second kappa shape index (κ2) is 43.2. The van der Waals surface area contributed by atoms with E-state index in [4.69, 9.17) is 14.2 Å². The molecule has 0 spiro atoms. The molecular weight excluding hydrogens is 811 g/mol. The average Bonchev–Trinajstić information content (AvgIpc) is 3.29. The normalized spacial score (nSPS) is 20.3. The fraction of sp³-hybridized carbons (Fsp3) is 0.811. The van der Waals surface area contributed by atoms with Crippen molar-refractivity contribution < 1.29 is 49.3 Å². The number of hydrogen-bond donors (Lipinski definition) is 6. The molecule has 1 aliphatic rings. The molecule has 1 amide bonds. The molecule has 1 aliphatic heterocycles. The summed E-state index contributed by atoms with van der Waals surface area (Å²) in [6, 6.07) is -0.853. The van der Waals surface area contributed by atoms with Crippen LogP contribution in [0.4, 0.5) is 0 Å². The first-order valence-electron chi connectivity index (χ1n) is 25.9. The maximum atomic E-state index is 12.9. The van der Waals surface area contributed by atoms with Crippen molar-refractivity contribution in [2.24, 2.45) is 0 Å². The van der Waals surface area contributed by atoms with Gasteiger partial charge >= 0.3 is 5.97 Å². The minimum Gasteiger partial charge on any atom is -0.466 e. The van der Waals surface area contributed by atoms with E-state index in [0.29, 0.717) is 19.4 Å². The van der Waals surface area contributed by atoms with Gasteiger partial charge in [-0.15, -0.1) is 0 Å². The second-order valence-electron chi connectivity index (χ2n) is 17.9. The average molecular weight is 906 g/mol. The number of aliphatic hydroxyl groups is 5. The highest BCUT2D eigenvalue weighted by molar-refractivity contribution is 5.76. The highest BCUT2D eigenvalue weighted by Gasteiger charge is 2.44. The summed E-state index contributed by atoms with van der Waals surface area (Å²) in [6.45, 7) is 4.18. The zero-order valence-electron chi connectivity index (χ0n) is 40.5. The van der Waals surface area contributed by atoms with Gasteiger partial charge in [-0.25, -0.2) is 0 Å². The van der Waals surface area contributed by atoms with E-state index >= 15 is 0 Å². The Bertz CT molecular complexity index is 1210. The Morgan fingerprint density at radius 2 is 1.06 bits per heavy atom. The van der Waals surface area contributed by atoms with Crippen molar-refractivity contribution in [1.29, 1.82) is 0 Å². The summed E-state index contributed by atoms with van der Waals surface area (Å²) in [7, 11) is 0. The maximum Gasteiger partial charge on any atom is 0.305 e. The van der Waals surface area contributed by atoms with Crippen LogP contribution in [0.15, 0.2) is 48.6 Å². The number of unbranched alkanes of at least 4 members (excludes halogenated alkanes) is 23. The van der Waals surface area contributed by atoms with Gasteiger partial charge in [0.2, 0.25) is 5.91 Å². The Balaban J connectivity index is 2.18. The molecule has 1 fully saturated rings. The quantitative estimate of drug-likeness (QED) is 0.0196. The number of amides is 1. The molecule has 7 atom stereocenters. The zero-order chi connectivity index (χ0) is 46.7. The lowest BCUT2D eigenvalue weighted by molar-refractivity contribution is -0.302. The largest absolute Gasteiger partial charge is 0.466 e. The van der Waals surface area contributed by atoms with Crippen LogP contribution >= 0.6 is 0 Å². The van der Waals surface area contributed by atoms with Gasteiger partial charge in [-0.05, 0) is 77.0 Å². The van der Waals surface area contributed by atoms with Gasteiger partial charge in [-0.1, -0.05) is 172 Å². The molecule has 1 heterocycles. The van der Waals surface area contributed by atoms with Crippen molar-refractivity contribution in [3.05, 3.63) is 48.6 Å². The number of rotatable bonds is 43. The van der Waals surface area contributed by atoms with Crippen LogP contribution in [-0.4, -0.2) is 100 Å². The van der Waals surface area contributed by atoms with E-state index in [9.17, 15) is 35.1 Å². The SMILES string of the molecule is CCCCCCC/C=C\CCCCCCCC(=O)OCCCCCCCC/C=C\C/C=C\CCC(=O)NC(COC1OC(CO)C(O)C(O)C1O)C(O)/C=C/CCCCCCCCC. The maximum absolute atomic E-state index is 12.9. The molecule has 0 radical (unpaired) electrons. The third-order valence-corrected chi connectivity index (χ3v) is 11.9. The van der Waals surface area contributed by atoms with Gasteiger partial charge in [0.25, 0.3) is 0 Å². The molecule has 0 aromatic heterocycles. The third kappa shape index (κ3) is 33.1. The molecular formula is C53H95NO10. The van der Waals surface area contributed by atoms with E-state index < -0.39 is 49.5 Å². The highest BCUT2D eigenvalue weighted by atomic mass is 16.7. The van der Waals surface area contributed by atoms with Crippen LogP contribution in [0.2, 0.25) is 0 Å². The van der Waals surface area contributed by atoms with Crippen LogP contribution in [-0.2, 0) is 23.8 Å². The van der Waals surface area contributed by atoms with Crippen molar-refractivity contribution in [3.8, 4) is 0 Å². The highest BCUT2D eigenvalue weighted by Crippen LogP contribution is 2.22. The van der Waals surface area contributed by atoms with Gasteiger partial charge in [0.1, 0.15) is 24.4 Å². The Morgan fingerprint density at radius 3 is 1.62 bits per heavy atom. The summed E-state index contributed by atoms with van der Waals surface area (Å²) in [5, 5.41) is 54.0. The minimum atomic E-state index is -1.59. The fourth-order valence-electron chi connectivity index (χ4n) is 7.71. The minimum absolute atomic E-state index is 0.0491. The summed E-state index contributed by atoms with van der Waals surface area (Å²) >= 11 is 0. The molecule has 1 rings (SSSR count). The van der Waals surface area contributed by atoms with Gasteiger partial charge in [0.15, 0.2) is 6.29 Å². The van der Waals surface area contributed by atoms with E-state index in [-0.39, 0.29) is 24.9 Å². The van der Waals surface area contributed by atoms with Crippen molar-refractivity contribution in [3.63, 3.8) is 0 Å². The van der Waals surface area contributed by atoms with Gasteiger partial charge in [-0.2, -0.15) is 0 Å². The topological polar surface area (TPSA) is 175 Å². The second-order valence-corrected chi connectivity index (χ2v) is 17.9. The van der Waals surface area contributed by atoms with Crippen LogP contribution < -0.4 is 5.32 Å². The van der Waals surface area contributed by atoms with E-state index in [1.807, 2.05) is 18.2 Å². The lowest BCUT2D eigenvalue weighted by atomic mass is 9.99. The lowest BCUT2D eigenvalue weighted by Gasteiger charge is -2.40. The van der Waals surface area contributed by atoms with Crippen molar-refractivity contribution in [1.82, 2.24) is 5.32 Å². The Morgan fingerprint density at radius 1 is 0.578 bits per heavy atom. The van der Waals surface area contributed by atoms with Crippen molar-refractivity contribution in [2.45, 2.75) is 256 Å². The predicted octanol–water partition coefficient (Wildman–Crippen LogP) is 10.5. The lowest BCUT2D eigenvalue weighted by Crippen LogP contribution is -2.60. The van der Waals surface area contributed by atoms with Crippen LogP contribution in [0.25, 0.3) is 0 Å². The molecule has 0 aliphatic carbocycles. The first-order valence-corrected chi connectivity index (χ1v) is 25.9. The van der Waals surface area contributed by atoms with Gasteiger partial charge in [0.05, 0.1) is 32.0 Å². The number of esters is 1. The molecule has 0 saturated carbocycles. The molecule has 7 unspecified atom stereocenters. The third-order valence-electron chi connectivity index (χ3n) is 11.9. The molecule has 0 aromatic carbocycles. The van der Waals surface area contributed by atoms with Crippen molar-refractivity contribution >= 4 is 11.9 Å². The Kier molecular flexibility index (Phi) is 40.3. The van der Waals surface area contributed by atoms with Gasteiger partial charge in [-0.3, -0.25) is 9.59 Å². The molecule has 0 aromatic rings. The monoisotopic (exact) mass is 906 g/mol. The first kappa shape index (κ1) is 59.6.